The summed E-state index contributed by atoms with van der Waals surface area (Å²) >= 11 is 0. The van der Waals surface area contributed by atoms with Gasteiger partial charge in [-0.3, -0.25) is 0 Å². The van der Waals surface area contributed by atoms with E-state index < -0.39 is 0 Å². The van der Waals surface area contributed by atoms with Crippen molar-refractivity contribution in [1.29, 1.82) is 0 Å². The molecule has 0 amide bonds. The number of hydrogen-bond donors (Lipinski definition) is 1. The fourth-order valence-corrected chi connectivity index (χ4v) is 2.78. The highest BCUT2D eigenvalue weighted by molar-refractivity contribution is 5.32. The third kappa shape index (κ3) is 4.06. The molecular formula is C21H19F2N. The van der Waals surface area contributed by atoms with Crippen LogP contribution in [0.15, 0.2) is 72.8 Å². The molecule has 0 heterocycles. The standard InChI is InChI=1S/C21H19F2N/c1-15-3-2-4-16(13-15)14-24-21(17-5-9-19(22)10-6-17)18-7-11-20(23)12-8-18/h2-13,21,24H,14H2,1H3. The van der Waals surface area contributed by atoms with Crippen molar-refractivity contribution in [2.45, 2.75) is 19.5 Å². The van der Waals surface area contributed by atoms with Crippen LogP contribution in [0.1, 0.15) is 28.3 Å². The van der Waals surface area contributed by atoms with Gasteiger partial charge in [0.2, 0.25) is 0 Å². The first-order valence-corrected chi connectivity index (χ1v) is 7.92. The van der Waals surface area contributed by atoms with Gasteiger partial charge in [-0.2, -0.15) is 0 Å². The number of halogens is 2. The maximum absolute atomic E-state index is 13.2. The Balaban J connectivity index is 1.86. The molecule has 1 nitrogen and oxygen atoms in total. The lowest BCUT2D eigenvalue weighted by molar-refractivity contribution is 0.593. The first-order valence-electron chi connectivity index (χ1n) is 7.92. The van der Waals surface area contributed by atoms with Crippen molar-refractivity contribution in [3.63, 3.8) is 0 Å². The molecule has 0 bridgehead atoms. The minimum atomic E-state index is -0.268. The Morgan fingerprint density at radius 3 is 1.83 bits per heavy atom. The van der Waals surface area contributed by atoms with Gasteiger partial charge in [-0.1, -0.05) is 54.1 Å². The molecule has 0 fully saturated rings. The summed E-state index contributed by atoms with van der Waals surface area (Å²) in [6, 6.07) is 20.9. The van der Waals surface area contributed by atoms with Crippen LogP contribution < -0.4 is 5.32 Å². The van der Waals surface area contributed by atoms with Crippen molar-refractivity contribution in [2.24, 2.45) is 0 Å². The lowest BCUT2D eigenvalue weighted by Gasteiger charge is -2.20. The van der Waals surface area contributed by atoms with Gasteiger partial charge >= 0.3 is 0 Å². The normalized spacial score (nSPS) is 11.0. The van der Waals surface area contributed by atoms with Crippen LogP contribution in [0.5, 0.6) is 0 Å². The third-order valence-corrected chi connectivity index (χ3v) is 4.00. The Kier molecular flexibility index (Phi) is 5.02. The van der Waals surface area contributed by atoms with Crippen molar-refractivity contribution < 1.29 is 8.78 Å². The summed E-state index contributed by atoms with van der Waals surface area (Å²) in [5, 5.41) is 3.49. The molecule has 0 saturated carbocycles. The topological polar surface area (TPSA) is 12.0 Å². The van der Waals surface area contributed by atoms with Crippen molar-refractivity contribution in [1.82, 2.24) is 5.32 Å². The van der Waals surface area contributed by atoms with E-state index in [1.165, 1.54) is 35.4 Å². The Bertz CT molecular complexity index is 749. The van der Waals surface area contributed by atoms with Gasteiger partial charge in [0, 0.05) is 6.54 Å². The molecule has 3 aromatic carbocycles. The van der Waals surface area contributed by atoms with E-state index in [2.05, 4.69) is 30.4 Å². The van der Waals surface area contributed by atoms with Crippen LogP contribution >= 0.6 is 0 Å². The van der Waals surface area contributed by atoms with E-state index in [-0.39, 0.29) is 17.7 Å². The highest BCUT2D eigenvalue weighted by Gasteiger charge is 2.14. The fourth-order valence-electron chi connectivity index (χ4n) is 2.78. The van der Waals surface area contributed by atoms with Gasteiger partial charge in [0.1, 0.15) is 11.6 Å². The minimum absolute atomic E-state index is 0.133. The van der Waals surface area contributed by atoms with E-state index in [9.17, 15) is 8.78 Å². The molecule has 24 heavy (non-hydrogen) atoms. The van der Waals surface area contributed by atoms with Gasteiger partial charge in [-0.15, -0.1) is 0 Å². The van der Waals surface area contributed by atoms with Crippen molar-refractivity contribution in [3.8, 4) is 0 Å². The van der Waals surface area contributed by atoms with Crippen molar-refractivity contribution in [2.75, 3.05) is 0 Å². The number of nitrogens with one attached hydrogen (secondary N) is 1. The molecule has 0 saturated heterocycles. The van der Waals surface area contributed by atoms with Gasteiger partial charge in [-0.05, 0) is 47.9 Å². The van der Waals surface area contributed by atoms with E-state index in [0.717, 1.165) is 11.1 Å². The highest BCUT2D eigenvalue weighted by atomic mass is 19.1. The predicted molar refractivity (Wildman–Crippen MR) is 92.7 cm³/mol. The van der Waals surface area contributed by atoms with E-state index in [0.29, 0.717) is 6.54 Å². The predicted octanol–water partition coefficient (Wildman–Crippen LogP) is 5.15. The quantitative estimate of drug-likeness (QED) is 0.684. The summed E-state index contributed by atoms with van der Waals surface area (Å²) in [4.78, 5) is 0. The molecule has 0 atom stereocenters. The molecule has 0 aliphatic rings. The molecule has 0 radical (unpaired) electrons. The largest absolute Gasteiger partial charge is 0.302 e. The average Bonchev–Trinajstić information content (AvgIpc) is 2.58. The van der Waals surface area contributed by atoms with Gasteiger partial charge in [-0.25, -0.2) is 8.78 Å². The maximum atomic E-state index is 13.2. The zero-order chi connectivity index (χ0) is 16.9. The van der Waals surface area contributed by atoms with Gasteiger partial charge in [0.25, 0.3) is 0 Å². The molecule has 0 aliphatic carbocycles. The average molecular weight is 323 g/mol. The number of hydrogen-bond acceptors (Lipinski definition) is 1. The molecule has 0 spiro atoms. The smallest absolute Gasteiger partial charge is 0.123 e. The van der Waals surface area contributed by atoms with Crippen LogP contribution in [0.25, 0.3) is 0 Å². The zero-order valence-corrected chi connectivity index (χ0v) is 13.5. The second-order valence-electron chi connectivity index (χ2n) is 5.91. The fraction of sp³-hybridized carbons (Fsp3) is 0.143. The Hall–Kier alpha value is -2.52. The number of rotatable bonds is 5. The minimum Gasteiger partial charge on any atom is -0.302 e. The first kappa shape index (κ1) is 16.3. The van der Waals surface area contributed by atoms with E-state index in [1.54, 1.807) is 24.3 Å². The molecule has 1 N–H and O–H groups in total. The summed E-state index contributed by atoms with van der Waals surface area (Å²) in [5.74, 6) is -0.536. The van der Waals surface area contributed by atoms with Crippen LogP contribution in [-0.2, 0) is 6.54 Å². The van der Waals surface area contributed by atoms with E-state index in [4.69, 9.17) is 0 Å². The number of aryl methyl sites for hydroxylation is 1. The molecule has 0 aromatic heterocycles. The molecule has 3 heteroatoms. The van der Waals surface area contributed by atoms with Crippen LogP contribution in [0.3, 0.4) is 0 Å². The number of benzene rings is 3. The highest BCUT2D eigenvalue weighted by Crippen LogP contribution is 2.23. The molecule has 122 valence electrons. The van der Waals surface area contributed by atoms with Gasteiger partial charge in [0.05, 0.1) is 6.04 Å². The monoisotopic (exact) mass is 323 g/mol. The summed E-state index contributed by atoms with van der Waals surface area (Å²) < 4.78 is 26.5. The summed E-state index contributed by atoms with van der Waals surface area (Å²) in [6.07, 6.45) is 0. The van der Waals surface area contributed by atoms with Crippen molar-refractivity contribution in [3.05, 3.63) is 107 Å². The van der Waals surface area contributed by atoms with Gasteiger partial charge in [0.15, 0.2) is 0 Å². The molecule has 3 aromatic rings. The van der Waals surface area contributed by atoms with Crippen LogP contribution in [0, 0.1) is 18.6 Å². The van der Waals surface area contributed by atoms with E-state index in [1.807, 2.05) is 6.07 Å². The van der Waals surface area contributed by atoms with Crippen molar-refractivity contribution >= 4 is 0 Å². The summed E-state index contributed by atoms with van der Waals surface area (Å²) in [7, 11) is 0. The lowest BCUT2D eigenvalue weighted by atomic mass is 9.98. The first-order chi connectivity index (χ1) is 11.6. The van der Waals surface area contributed by atoms with Crippen LogP contribution in [0.2, 0.25) is 0 Å². The molecule has 0 aliphatic heterocycles. The SMILES string of the molecule is Cc1cccc(CNC(c2ccc(F)cc2)c2ccc(F)cc2)c1. The third-order valence-electron chi connectivity index (χ3n) is 4.00. The Labute approximate surface area is 141 Å². The Morgan fingerprint density at radius 1 is 0.792 bits per heavy atom. The molecular weight excluding hydrogens is 304 g/mol. The summed E-state index contributed by atoms with van der Waals surface area (Å²) in [5.41, 5.74) is 4.25. The maximum Gasteiger partial charge on any atom is 0.123 e. The van der Waals surface area contributed by atoms with E-state index >= 15 is 0 Å². The zero-order valence-electron chi connectivity index (χ0n) is 13.5. The molecule has 3 rings (SSSR count). The summed E-state index contributed by atoms with van der Waals surface area (Å²) in [6.45, 7) is 2.72. The van der Waals surface area contributed by atoms with Gasteiger partial charge < -0.3 is 5.32 Å². The second-order valence-corrected chi connectivity index (χ2v) is 5.91. The Morgan fingerprint density at radius 2 is 1.33 bits per heavy atom. The molecule has 0 unspecified atom stereocenters. The second kappa shape index (κ2) is 7.37. The lowest BCUT2D eigenvalue weighted by Crippen LogP contribution is -2.22. The van der Waals surface area contributed by atoms with Crippen LogP contribution in [0.4, 0.5) is 8.78 Å². The van der Waals surface area contributed by atoms with Crippen LogP contribution in [-0.4, -0.2) is 0 Å².